The number of aryl methyl sites for hydroxylation is 1. The highest BCUT2D eigenvalue weighted by Gasteiger charge is 2.02. The maximum atomic E-state index is 11.2. The van der Waals surface area contributed by atoms with Crippen molar-refractivity contribution < 1.29 is 14.4 Å². The van der Waals surface area contributed by atoms with Crippen LogP contribution in [0.4, 0.5) is 0 Å². The zero-order chi connectivity index (χ0) is 13.2. The molecular formula is C12H16N2O3S. The van der Waals surface area contributed by atoms with E-state index in [0.29, 0.717) is 5.75 Å². The molecule has 5 nitrogen and oxygen atoms in total. The highest BCUT2D eigenvalue weighted by molar-refractivity contribution is 7.99. The molecule has 0 radical (unpaired) electrons. The molecule has 0 saturated heterocycles. The van der Waals surface area contributed by atoms with E-state index in [0.717, 1.165) is 12.2 Å². The minimum Gasteiger partial charge on any atom is -0.368 e. The highest BCUT2D eigenvalue weighted by atomic mass is 32.2. The van der Waals surface area contributed by atoms with Gasteiger partial charge in [-0.3, -0.25) is 14.4 Å². The maximum absolute atomic E-state index is 11.2. The molecule has 0 aromatic heterocycles. The lowest BCUT2D eigenvalue weighted by atomic mass is 10.2. The van der Waals surface area contributed by atoms with Crippen molar-refractivity contribution in [3.63, 3.8) is 0 Å². The molecule has 1 aromatic carbocycles. The van der Waals surface area contributed by atoms with Gasteiger partial charge in [-0.05, 0) is 17.7 Å². The van der Waals surface area contributed by atoms with Crippen molar-refractivity contribution >= 4 is 23.6 Å². The molecule has 0 fully saturated rings. The number of benzene rings is 1. The number of amides is 2. The van der Waals surface area contributed by atoms with E-state index in [1.54, 1.807) is 0 Å². The Bertz CT molecular complexity index is 384. The number of carbonyl (C=O) groups is 2. The monoisotopic (exact) mass is 268 g/mol. The third kappa shape index (κ3) is 6.93. The zero-order valence-corrected chi connectivity index (χ0v) is 10.7. The molecule has 0 aliphatic heterocycles. The van der Waals surface area contributed by atoms with Crippen molar-refractivity contribution in [1.82, 2.24) is 5.48 Å². The van der Waals surface area contributed by atoms with Gasteiger partial charge in [0, 0.05) is 0 Å². The molecule has 6 heteroatoms. The molecule has 0 heterocycles. The van der Waals surface area contributed by atoms with Gasteiger partial charge in [0.15, 0.2) is 6.61 Å². The molecule has 0 unspecified atom stereocenters. The van der Waals surface area contributed by atoms with Crippen LogP contribution in [0.2, 0.25) is 0 Å². The summed E-state index contributed by atoms with van der Waals surface area (Å²) in [5.74, 6) is 0.264. The molecule has 98 valence electrons. The zero-order valence-electron chi connectivity index (χ0n) is 9.93. The SMILES string of the molecule is NC(=O)CONC(=O)CSCCc1ccccc1. The lowest BCUT2D eigenvalue weighted by Gasteiger charge is -2.04. The van der Waals surface area contributed by atoms with Crippen LogP contribution in [-0.4, -0.2) is 29.9 Å². The summed E-state index contributed by atoms with van der Waals surface area (Å²) in [7, 11) is 0. The first-order valence-electron chi connectivity index (χ1n) is 5.49. The van der Waals surface area contributed by atoms with Gasteiger partial charge in [-0.1, -0.05) is 30.3 Å². The Morgan fingerprint density at radius 1 is 1.28 bits per heavy atom. The predicted octanol–water partition coefficient (Wildman–Crippen LogP) is 0.495. The quantitative estimate of drug-likeness (QED) is 0.531. The number of nitrogens with two attached hydrogens (primary N) is 1. The van der Waals surface area contributed by atoms with Gasteiger partial charge in [-0.15, -0.1) is 0 Å². The summed E-state index contributed by atoms with van der Waals surface area (Å²) < 4.78 is 0. The van der Waals surface area contributed by atoms with E-state index in [4.69, 9.17) is 5.73 Å². The highest BCUT2D eigenvalue weighted by Crippen LogP contribution is 2.06. The Hall–Kier alpha value is -1.53. The van der Waals surface area contributed by atoms with E-state index in [1.165, 1.54) is 17.3 Å². The first kappa shape index (κ1) is 14.5. The number of hydrogen-bond acceptors (Lipinski definition) is 4. The lowest BCUT2D eigenvalue weighted by Crippen LogP contribution is -2.30. The molecule has 1 aromatic rings. The van der Waals surface area contributed by atoms with Crippen LogP contribution >= 0.6 is 11.8 Å². The molecule has 2 amide bonds. The van der Waals surface area contributed by atoms with Crippen LogP contribution in [0, 0.1) is 0 Å². The Kier molecular flexibility index (Phi) is 6.90. The van der Waals surface area contributed by atoms with E-state index in [9.17, 15) is 9.59 Å². The summed E-state index contributed by atoms with van der Waals surface area (Å²) in [6.45, 7) is -0.305. The van der Waals surface area contributed by atoms with Gasteiger partial charge >= 0.3 is 0 Å². The number of rotatable bonds is 8. The Labute approximate surface area is 110 Å². The molecule has 18 heavy (non-hydrogen) atoms. The topological polar surface area (TPSA) is 81.4 Å². The fourth-order valence-electron chi connectivity index (χ4n) is 1.22. The first-order valence-corrected chi connectivity index (χ1v) is 6.64. The van der Waals surface area contributed by atoms with Crippen molar-refractivity contribution in [2.75, 3.05) is 18.1 Å². The average Bonchev–Trinajstić information content (AvgIpc) is 2.35. The van der Waals surface area contributed by atoms with Gasteiger partial charge in [0.1, 0.15) is 0 Å². The second-order valence-electron chi connectivity index (χ2n) is 3.57. The smallest absolute Gasteiger partial charge is 0.253 e. The number of primary amides is 1. The predicted molar refractivity (Wildman–Crippen MR) is 70.8 cm³/mol. The minimum absolute atomic E-state index is 0.269. The van der Waals surface area contributed by atoms with Crippen LogP contribution in [0.1, 0.15) is 5.56 Å². The molecule has 0 aliphatic rings. The van der Waals surface area contributed by atoms with Gasteiger partial charge in [0.2, 0.25) is 5.91 Å². The van der Waals surface area contributed by atoms with Gasteiger partial charge in [-0.25, -0.2) is 5.48 Å². The average molecular weight is 268 g/mol. The maximum Gasteiger partial charge on any atom is 0.253 e. The largest absolute Gasteiger partial charge is 0.368 e. The molecule has 3 N–H and O–H groups in total. The lowest BCUT2D eigenvalue weighted by molar-refractivity contribution is -0.135. The Morgan fingerprint density at radius 3 is 2.67 bits per heavy atom. The van der Waals surface area contributed by atoms with Crippen molar-refractivity contribution in [3.8, 4) is 0 Å². The van der Waals surface area contributed by atoms with Crippen molar-refractivity contribution in [1.29, 1.82) is 0 Å². The molecule has 0 atom stereocenters. The van der Waals surface area contributed by atoms with Crippen LogP contribution in [-0.2, 0) is 20.8 Å². The fourth-order valence-corrected chi connectivity index (χ4v) is 1.99. The van der Waals surface area contributed by atoms with Crippen molar-refractivity contribution in [2.24, 2.45) is 5.73 Å². The summed E-state index contributed by atoms with van der Waals surface area (Å²) in [4.78, 5) is 26.2. The van der Waals surface area contributed by atoms with Crippen molar-refractivity contribution in [3.05, 3.63) is 35.9 Å². The molecule has 0 saturated carbocycles. The van der Waals surface area contributed by atoms with Crippen LogP contribution in [0.25, 0.3) is 0 Å². The van der Waals surface area contributed by atoms with Gasteiger partial charge < -0.3 is 5.73 Å². The Balaban J connectivity index is 2.04. The van der Waals surface area contributed by atoms with Gasteiger partial charge in [0.05, 0.1) is 5.75 Å². The third-order valence-corrected chi connectivity index (χ3v) is 2.97. The summed E-state index contributed by atoms with van der Waals surface area (Å²) in [5.41, 5.74) is 8.24. The molecular weight excluding hydrogens is 252 g/mol. The van der Waals surface area contributed by atoms with E-state index < -0.39 is 5.91 Å². The van der Waals surface area contributed by atoms with Crippen LogP contribution in [0.3, 0.4) is 0 Å². The van der Waals surface area contributed by atoms with Crippen LogP contribution < -0.4 is 11.2 Å². The number of hydrogen-bond donors (Lipinski definition) is 2. The first-order chi connectivity index (χ1) is 8.68. The molecule has 0 aliphatic carbocycles. The minimum atomic E-state index is -0.618. The normalized spacial score (nSPS) is 10.0. The number of hydroxylamine groups is 1. The third-order valence-electron chi connectivity index (χ3n) is 2.01. The standard InChI is InChI=1S/C12H16N2O3S/c13-11(15)8-17-14-12(16)9-18-7-6-10-4-2-1-3-5-10/h1-5H,6-9H2,(H2,13,15)(H,14,16). The number of carbonyl (C=O) groups excluding carboxylic acids is 2. The van der Waals surface area contributed by atoms with Gasteiger partial charge in [-0.2, -0.15) is 11.8 Å². The summed E-state index contributed by atoms with van der Waals surface area (Å²) in [5, 5.41) is 0. The van der Waals surface area contributed by atoms with Crippen LogP contribution in [0.5, 0.6) is 0 Å². The number of thioether (sulfide) groups is 1. The van der Waals surface area contributed by atoms with E-state index in [2.05, 4.69) is 22.5 Å². The molecule has 1 rings (SSSR count). The number of nitrogens with one attached hydrogen (secondary N) is 1. The van der Waals surface area contributed by atoms with E-state index in [-0.39, 0.29) is 12.5 Å². The second-order valence-corrected chi connectivity index (χ2v) is 4.67. The van der Waals surface area contributed by atoms with Crippen LogP contribution in [0.15, 0.2) is 30.3 Å². The second kappa shape index (κ2) is 8.54. The molecule has 0 spiro atoms. The Morgan fingerprint density at radius 2 is 2.00 bits per heavy atom. The summed E-state index contributed by atoms with van der Waals surface area (Å²) in [6, 6.07) is 10.1. The summed E-state index contributed by atoms with van der Waals surface area (Å²) >= 11 is 1.51. The molecule has 0 bridgehead atoms. The summed E-state index contributed by atoms with van der Waals surface area (Å²) in [6.07, 6.45) is 0.918. The van der Waals surface area contributed by atoms with Gasteiger partial charge in [0.25, 0.3) is 5.91 Å². The van der Waals surface area contributed by atoms with E-state index in [1.807, 2.05) is 18.2 Å². The fraction of sp³-hybridized carbons (Fsp3) is 0.333. The van der Waals surface area contributed by atoms with E-state index >= 15 is 0 Å². The van der Waals surface area contributed by atoms with Crippen molar-refractivity contribution in [2.45, 2.75) is 6.42 Å².